The maximum Gasteiger partial charge on any atom is 0.136 e. The third kappa shape index (κ3) is 3.32. The predicted molar refractivity (Wildman–Crippen MR) is 86.7 cm³/mol. The van der Waals surface area contributed by atoms with Crippen LogP contribution < -0.4 is 10.6 Å². The lowest BCUT2D eigenvalue weighted by molar-refractivity contribution is 0.909. The van der Waals surface area contributed by atoms with Crippen molar-refractivity contribution >= 4 is 11.6 Å². The van der Waals surface area contributed by atoms with Crippen LogP contribution in [0.2, 0.25) is 0 Å². The van der Waals surface area contributed by atoms with Crippen LogP contribution in [0.5, 0.6) is 0 Å². The molecule has 1 heterocycles. The van der Waals surface area contributed by atoms with Gasteiger partial charge in [0.25, 0.3) is 0 Å². The summed E-state index contributed by atoms with van der Waals surface area (Å²) in [4.78, 5) is 9.41. The van der Waals surface area contributed by atoms with Gasteiger partial charge in [0.2, 0.25) is 0 Å². The zero-order valence-corrected chi connectivity index (χ0v) is 12.7. The minimum absolute atomic E-state index is 0.556. The van der Waals surface area contributed by atoms with Gasteiger partial charge in [-0.15, -0.1) is 0 Å². The Hall–Kier alpha value is -2.10. The van der Waals surface area contributed by atoms with E-state index in [2.05, 4.69) is 53.7 Å². The van der Waals surface area contributed by atoms with Crippen molar-refractivity contribution in [3.8, 4) is 0 Å². The van der Waals surface area contributed by atoms with Crippen LogP contribution in [0.4, 0.5) is 11.6 Å². The minimum Gasteiger partial charge on any atom is -0.370 e. The first kappa shape index (κ1) is 13.9. The molecule has 0 spiro atoms. The molecule has 0 radical (unpaired) electrons. The molecule has 1 aromatic heterocycles. The van der Waals surface area contributed by atoms with E-state index < -0.39 is 0 Å². The zero-order chi connectivity index (χ0) is 14.7. The maximum absolute atomic E-state index is 4.73. The molecule has 1 aromatic carbocycles. The summed E-state index contributed by atoms with van der Waals surface area (Å²) in [6.45, 7) is 5.83. The summed E-state index contributed by atoms with van der Waals surface area (Å²) in [6.07, 6.45) is 2.43. The predicted octanol–water partition coefficient (Wildman–Crippen LogP) is 3.71. The summed E-state index contributed by atoms with van der Waals surface area (Å²) < 4.78 is 0. The highest BCUT2D eigenvalue weighted by Crippen LogP contribution is 2.39. The smallest absolute Gasteiger partial charge is 0.136 e. The second-order valence-corrected chi connectivity index (χ2v) is 5.55. The van der Waals surface area contributed by atoms with Crippen molar-refractivity contribution < 1.29 is 0 Å². The molecular weight excluding hydrogens is 260 g/mol. The average molecular weight is 282 g/mol. The van der Waals surface area contributed by atoms with Crippen LogP contribution in [-0.2, 0) is 6.54 Å². The van der Waals surface area contributed by atoms with Gasteiger partial charge in [-0.3, -0.25) is 0 Å². The summed E-state index contributed by atoms with van der Waals surface area (Å²) in [5, 5.41) is 6.81. The van der Waals surface area contributed by atoms with Crippen molar-refractivity contribution in [1.29, 1.82) is 0 Å². The Morgan fingerprint density at radius 2 is 1.71 bits per heavy atom. The van der Waals surface area contributed by atoms with Gasteiger partial charge in [-0.25, -0.2) is 9.97 Å². The monoisotopic (exact) mass is 282 g/mol. The number of nitrogens with zero attached hydrogens (tertiary/aromatic N) is 2. The molecule has 21 heavy (non-hydrogen) atoms. The molecule has 0 amide bonds. The number of hydrogen-bond acceptors (Lipinski definition) is 4. The first-order valence-corrected chi connectivity index (χ1v) is 7.68. The van der Waals surface area contributed by atoms with E-state index >= 15 is 0 Å². The van der Waals surface area contributed by atoms with Gasteiger partial charge in [0, 0.05) is 24.6 Å². The topological polar surface area (TPSA) is 49.8 Å². The maximum atomic E-state index is 4.73. The number of benzene rings is 1. The van der Waals surface area contributed by atoms with E-state index in [1.165, 1.54) is 18.4 Å². The Morgan fingerprint density at radius 3 is 2.33 bits per heavy atom. The van der Waals surface area contributed by atoms with E-state index in [0.717, 1.165) is 36.1 Å². The molecule has 110 valence electrons. The first-order valence-electron chi connectivity index (χ1n) is 7.68. The normalized spacial score (nSPS) is 14.0. The summed E-state index contributed by atoms with van der Waals surface area (Å²) in [7, 11) is 0. The lowest BCUT2D eigenvalue weighted by Gasteiger charge is -2.14. The highest BCUT2D eigenvalue weighted by molar-refractivity contribution is 5.57. The Bertz CT molecular complexity index is 606. The number of hydrogen-bond donors (Lipinski definition) is 2. The van der Waals surface area contributed by atoms with Crippen LogP contribution in [0.15, 0.2) is 30.3 Å². The van der Waals surface area contributed by atoms with Crippen molar-refractivity contribution in [2.24, 2.45) is 0 Å². The van der Waals surface area contributed by atoms with Crippen LogP contribution in [0.1, 0.15) is 42.6 Å². The summed E-state index contributed by atoms with van der Waals surface area (Å²) >= 11 is 0. The minimum atomic E-state index is 0.556. The molecule has 0 saturated heterocycles. The Balaban J connectivity index is 1.82. The summed E-state index contributed by atoms with van der Waals surface area (Å²) in [5.74, 6) is 3.45. The third-order valence-corrected chi connectivity index (χ3v) is 3.75. The number of aromatic nitrogens is 2. The van der Waals surface area contributed by atoms with Crippen molar-refractivity contribution in [3.63, 3.8) is 0 Å². The molecule has 2 N–H and O–H groups in total. The molecular formula is C17H22N4. The summed E-state index contributed by atoms with van der Waals surface area (Å²) in [5.41, 5.74) is 2.35. The molecule has 1 aliphatic carbocycles. The zero-order valence-electron chi connectivity index (χ0n) is 12.7. The third-order valence-electron chi connectivity index (χ3n) is 3.75. The molecule has 3 rings (SSSR count). The Morgan fingerprint density at radius 1 is 1.05 bits per heavy atom. The molecule has 1 saturated carbocycles. The quantitative estimate of drug-likeness (QED) is 0.848. The number of anilines is 2. The molecule has 2 aromatic rings. The van der Waals surface area contributed by atoms with Crippen molar-refractivity contribution in [1.82, 2.24) is 9.97 Å². The lowest BCUT2D eigenvalue weighted by atomic mass is 10.2. The SMILES string of the molecule is CCNc1nc(C2CC2)nc(NCc2ccccc2)c1C. The van der Waals surface area contributed by atoms with Crippen molar-refractivity contribution in [2.75, 3.05) is 17.2 Å². The van der Waals surface area contributed by atoms with E-state index in [9.17, 15) is 0 Å². The van der Waals surface area contributed by atoms with E-state index in [4.69, 9.17) is 4.98 Å². The lowest BCUT2D eigenvalue weighted by Crippen LogP contribution is -2.11. The molecule has 0 unspecified atom stereocenters. The van der Waals surface area contributed by atoms with Gasteiger partial charge in [-0.05, 0) is 32.3 Å². The van der Waals surface area contributed by atoms with Crippen LogP contribution in [0, 0.1) is 6.92 Å². The molecule has 0 aliphatic heterocycles. The molecule has 0 atom stereocenters. The Kier molecular flexibility index (Phi) is 4.04. The van der Waals surface area contributed by atoms with Gasteiger partial charge in [0.15, 0.2) is 0 Å². The van der Waals surface area contributed by atoms with Crippen LogP contribution in [0.25, 0.3) is 0 Å². The highest BCUT2D eigenvalue weighted by Gasteiger charge is 2.28. The van der Waals surface area contributed by atoms with Gasteiger partial charge >= 0.3 is 0 Å². The summed E-state index contributed by atoms with van der Waals surface area (Å²) in [6, 6.07) is 10.4. The molecule has 1 fully saturated rings. The highest BCUT2D eigenvalue weighted by atomic mass is 15.1. The van der Waals surface area contributed by atoms with E-state index in [-0.39, 0.29) is 0 Å². The van der Waals surface area contributed by atoms with Gasteiger partial charge in [0.1, 0.15) is 17.5 Å². The van der Waals surface area contributed by atoms with Gasteiger partial charge < -0.3 is 10.6 Å². The number of rotatable bonds is 6. The Labute approximate surface area is 126 Å². The second kappa shape index (κ2) is 6.12. The fourth-order valence-electron chi connectivity index (χ4n) is 2.35. The van der Waals surface area contributed by atoms with Crippen LogP contribution in [0.3, 0.4) is 0 Å². The standard InChI is InChI=1S/C17H22N4/c1-3-18-15-12(2)16(21-17(20-15)14-9-10-14)19-11-13-7-5-4-6-8-13/h4-8,14H,3,9-11H2,1-2H3,(H2,18,19,20,21). The van der Waals surface area contributed by atoms with Crippen LogP contribution in [-0.4, -0.2) is 16.5 Å². The van der Waals surface area contributed by atoms with Crippen molar-refractivity contribution in [2.45, 2.75) is 39.2 Å². The van der Waals surface area contributed by atoms with Gasteiger partial charge in [-0.1, -0.05) is 30.3 Å². The fourth-order valence-corrected chi connectivity index (χ4v) is 2.35. The number of nitrogens with one attached hydrogen (secondary N) is 2. The molecule has 0 bridgehead atoms. The average Bonchev–Trinajstić information content (AvgIpc) is 3.34. The van der Waals surface area contributed by atoms with E-state index in [0.29, 0.717) is 5.92 Å². The van der Waals surface area contributed by atoms with E-state index in [1.54, 1.807) is 0 Å². The molecule has 4 nitrogen and oxygen atoms in total. The van der Waals surface area contributed by atoms with Crippen molar-refractivity contribution in [3.05, 3.63) is 47.3 Å². The molecule has 4 heteroatoms. The first-order chi connectivity index (χ1) is 10.3. The van der Waals surface area contributed by atoms with E-state index in [1.807, 2.05) is 6.07 Å². The van der Waals surface area contributed by atoms with Gasteiger partial charge in [-0.2, -0.15) is 0 Å². The van der Waals surface area contributed by atoms with Gasteiger partial charge in [0.05, 0.1) is 0 Å². The van der Waals surface area contributed by atoms with Crippen LogP contribution >= 0.6 is 0 Å². The largest absolute Gasteiger partial charge is 0.370 e. The molecule has 1 aliphatic rings. The second-order valence-electron chi connectivity index (χ2n) is 5.55. The fraction of sp³-hybridized carbons (Fsp3) is 0.412.